The molecule has 1 N–H and O–H groups in total. The summed E-state index contributed by atoms with van der Waals surface area (Å²) in [6.07, 6.45) is 1.84. The number of rotatable bonds is 6. The predicted octanol–water partition coefficient (Wildman–Crippen LogP) is 0.982. The molecule has 0 saturated heterocycles. The minimum atomic E-state index is -0.829. The molecule has 0 bridgehead atoms. The van der Waals surface area contributed by atoms with Crippen LogP contribution in [0, 0.1) is 11.8 Å². The number of carboxylic acid groups (broad SMARTS) is 1. The van der Waals surface area contributed by atoms with E-state index in [0.717, 1.165) is 18.7 Å². The molecule has 0 fully saturated rings. The molecule has 0 radical (unpaired) electrons. The quantitative estimate of drug-likeness (QED) is 0.782. The van der Waals surface area contributed by atoms with Crippen molar-refractivity contribution in [3.8, 4) is 0 Å². The second kappa shape index (κ2) is 5.58. The maximum absolute atomic E-state index is 10.7. The SMILES string of the molecule is CCC(C)Cc1nnnn1CC(C)C(=O)O. The molecule has 1 heterocycles. The van der Waals surface area contributed by atoms with Crippen LogP contribution in [0.3, 0.4) is 0 Å². The first kappa shape index (κ1) is 12.6. The standard InChI is InChI=1S/C10H18N4O2/c1-4-7(2)5-9-11-12-13-14(9)6-8(3)10(15)16/h7-8H,4-6H2,1-3H3,(H,15,16). The Bertz CT molecular complexity index is 350. The first-order chi connectivity index (χ1) is 7.54. The lowest BCUT2D eigenvalue weighted by atomic mass is 10.0. The van der Waals surface area contributed by atoms with Crippen molar-refractivity contribution in [3.05, 3.63) is 5.82 Å². The number of nitrogens with zero attached hydrogens (tertiary/aromatic N) is 4. The van der Waals surface area contributed by atoms with E-state index in [2.05, 4.69) is 29.4 Å². The summed E-state index contributed by atoms with van der Waals surface area (Å²) in [4.78, 5) is 10.7. The van der Waals surface area contributed by atoms with Gasteiger partial charge >= 0.3 is 5.97 Å². The minimum Gasteiger partial charge on any atom is -0.481 e. The minimum absolute atomic E-state index is 0.327. The third-order valence-electron chi connectivity index (χ3n) is 2.70. The Morgan fingerprint density at radius 2 is 2.19 bits per heavy atom. The van der Waals surface area contributed by atoms with Gasteiger partial charge in [-0.15, -0.1) is 5.10 Å². The summed E-state index contributed by atoms with van der Waals surface area (Å²) in [5.41, 5.74) is 0. The Morgan fingerprint density at radius 3 is 2.75 bits per heavy atom. The molecule has 1 aromatic heterocycles. The number of tetrazole rings is 1. The lowest BCUT2D eigenvalue weighted by Gasteiger charge is -2.10. The topological polar surface area (TPSA) is 80.9 Å². The highest BCUT2D eigenvalue weighted by Gasteiger charge is 2.16. The first-order valence-electron chi connectivity index (χ1n) is 5.52. The van der Waals surface area contributed by atoms with Gasteiger partial charge in [0.25, 0.3) is 0 Å². The number of hydrogen-bond acceptors (Lipinski definition) is 4. The van der Waals surface area contributed by atoms with Crippen molar-refractivity contribution in [2.45, 2.75) is 40.2 Å². The fraction of sp³-hybridized carbons (Fsp3) is 0.800. The molecule has 2 atom stereocenters. The Kier molecular flexibility index (Phi) is 4.39. The largest absolute Gasteiger partial charge is 0.481 e. The van der Waals surface area contributed by atoms with E-state index in [1.165, 1.54) is 0 Å². The van der Waals surface area contributed by atoms with Crippen molar-refractivity contribution in [2.24, 2.45) is 11.8 Å². The Labute approximate surface area is 94.7 Å². The third kappa shape index (κ3) is 3.29. The van der Waals surface area contributed by atoms with Gasteiger partial charge in [-0.1, -0.05) is 27.2 Å². The van der Waals surface area contributed by atoms with E-state index in [1.807, 2.05) is 0 Å². The fourth-order valence-corrected chi connectivity index (χ4v) is 1.30. The zero-order chi connectivity index (χ0) is 12.1. The summed E-state index contributed by atoms with van der Waals surface area (Å²) in [5.74, 6) is -0.0310. The van der Waals surface area contributed by atoms with Gasteiger partial charge in [-0.3, -0.25) is 4.79 Å². The van der Waals surface area contributed by atoms with Crippen LogP contribution < -0.4 is 0 Å². The average molecular weight is 226 g/mol. The van der Waals surface area contributed by atoms with Gasteiger partial charge in [0.1, 0.15) is 0 Å². The summed E-state index contributed by atoms with van der Waals surface area (Å²) in [6.45, 7) is 6.21. The molecule has 0 amide bonds. The van der Waals surface area contributed by atoms with E-state index < -0.39 is 11.9 Å². The maximum Gasteiger partial charge on any atom is 0.308 e. The summed E-state index contributed by atoms with van der Waals surface area (Å²) in [7, 11) is 0. The zero-order valence-corrected chi connectivity index (χ0v) is 9.92. The van der Waals surface area contributed by atoms with E-state index >= 15 is 0 Å². The summed E-state index contributed by atoms with van der Waals surface area (Å²) in [5, 5.41) is 20.2. The molecular formula is C10H18N4O2. The molecule has 0 spiro atoms. The number of aliphatic carboxylic acids is 1. The lowest BCUT2D eigenvalue weighted by Crippen LogP contribution is -2.20. The molecular weight excluding hydrogens is 208 g/mol. The highest BCUT2D eigenvalue weighted by Crippen LogP contribution is 2.09. The van der Waals surface area contributed by atoms with Gasteiger partial charge in [-0.2, -0.15) is 0 Å². The molecule has 1 rings (SSSR count). The van der Waals surface area contributed by atoms with Crippen molar-refractivity contribution >= 4 is 5.97 Å². The number of carbonyl (C=O) groups is 1. The molecule has 6 heteroatoms. The lowest BCUT2D eigenvalue weighted by molar-refractivity contribution is -0.141. The Balaban J connectivity index is 2.67. The number of aromatic nitrogens is 4. The fourth-order valence-electron chi connectivity index (χ4n) is 1.30. The van der Waals surface area contributed by atoms with E-state index in [0.29, 0.717) is 12.5 Å². The monoisotopic (exact) mass is 226 g/mol. The van der Waals surface area contributed by atoms with Crippen LogP contribution in [0.15, 0.2) is 0 Å². The van der Waals surface area contributed by atoms with Gasteiger partial charge in [-0.05, 0) is 16.3 Å². The van der Waals surface area contributed by atoms with E-state index in [4.69, 9.17) is 5.11 Å². The van der Waals surface area contributed by atoms with Crippen LogP contribution in [0.2, 0.25) is 0 Å². The smallest absolute Gasteiger partial charge is 0.308 e. The van der Waals surface area contributed by atoms with Crippen LogP contribution in [0.5, 0.6) is 0 Å². The van der Waals surface area contributed by atoms with Gasteiger partial charge < -0.3 is 5.11 Å². The highest BCUT2D eigenvalue weighted by molar-refractivity contribution is 5.69. The molecule has 0 aliphatic heterocycles. The average Bonchev–Trinajstić information content (AvgIpc) is 2.65. The van der Waals surface area contributed by atoms with Crippen molar-refractivity contribution in [1.82, 2.24) is 20.2 Å². The van der Waals surface area contributed by atoms with E-state index in [9.17, 15) is 4.79 Å². The molecule has 6 nitrogen and oxygen atoms in total. The van der Waals surface area contributed by atoms with E-state index in [-0.39, 0.29) is 0 Å². The van der Waals surface area contributed by atoms with Crippen molar-refractivity contribution in [2.75, 3.05) is 0 Å². The van der Waals surface area contributed by atoms with Crippen LogP contribution in [0.25, 0.3) is 0 Å². The van der Waals surface area contributed by atoms with Gasteiger partial charge in [0.05, 0.1) is 12.5 Å². The van der Waals surface area contributed by atoms with Crippen molar-refractivity contribution in [3.63, 3.8) is 0 Å². The highest BCUT2D eigenvalue weighted by atomic mass is 16.4. The molecule has 90 valence electrons. The molecule has 0 aromatic carbocycles. The first-order valence-corrected chi connectivity index (χ1v) is 5.52. The second-order valence-corrected chi connectivity index (χ2v) is 4.23. The van der Waals surface area contributed by atoms with Gasteiger partial charge in [0.15, 0.2) is 5.82 Å². The van der Waals surface area contributed by atoms with Gasteiger partial charge in [0, 0.05) is 6.42 Å². The second-order valence-electron chi connectivity index (χ2n) is 4.23. The molecule has 0 aliphatic carbocycles. The van der Waals surface area contributed by atoms with Crippen LogP contribution in [-0.4, -0.2) is 31.3 Å². The summed E-state index contributed by atoms with van der Waals surface area (Å²) < 4.78 is 1.59. The summed E-state index contributed by atoms with van der Waals surface area (Å²) >= 11 is 0. The van der Waals surface area contributed by atoms with E-state index in [1.54, 1.807) is 11.6 Å². The van der Waals surface area contributed by atoms with Crippen LogP contribution in [0.4, 0.5) is 0 Å². The van der Waals surface area contributed by atoms with Crippen LogP contribution in [0.1, 0.15) is 33.0 Å². The van der Waals surface area contributed by atoms with Gasteiger partial charge in [0.2, 0.25) is 0 Å². The Hall–Kier alpha value is -1.46. The third-order valence-corrected chi connectivity index (χ3v) is 2.70. The van der Waals surface area contributed by atoms with Crippen molar-refractivity contribution < 1.29 is 9.90 Å². The summed E-state index contributed by atoms with van der Waals surface area (Å²) in [6, 6.07) is 0. The number of hydrogen-bond donors (Lipinski definition) is 1. The normalized spacial score (nSPS) is 14.7. The van der Waals surface area contributed by atoms with Gasteiger partial charge in [-0.25, -0.2) is 4.68 Å². The predicted molar refractivity (Wildman–Crippen MR) is 57.8 cm³/mol. The molecule has 16 heavy (non-hydrogen) atoms. The van der Waals surface area contributed by atoms with Crippen LogP contribution >= 0.6 is 0 Å². The molecule has 0 saturated carbocycles. The molecule has 2 unspecified atom stereocenters. The molecule has 0 aliphatic rings. The van der Waals surface area contributed by atoms with Crippen molar-refractivity contribution in [1.29, 1.82) is 0 Å². The molecule has 1 aromatic rings. The Morgan fingerprint density at radius 1 is 1.50 bits per heavy atom. The van der Waals surface area contributed by atoms with Crippen LogP contribution in [-0.2, 0) is 17.8 Å². The number of carboxylic acids is 1. The zero-order valence-electron chi connectivity index (χ0n) is 9.92. The maximum atomic E-state index is 10.7.